The van der Waals surface area contributed by atoms with Crippen LogP contribution in [0.3, 0.4) is 0 Å². The van der Waals surface area contributed by atoms with Gasteiger partial charge in [0.1, 0.15) is 5.51 Å². The van der Waals surface area contributed by atoms with Gasteiger partial charge in [0.2, 0.25) is 11.0 Å². The monoisotopic (exact) mass is 334 g/mol. The molecule has 0 unspecified atom stereocenters. The number of rotatable bonds is 5. The molecule has 3 rings (SSSR count). The summed E-state index contributed by atoms with van der Waals surface area (Å²) >= 11 is 1.33. The van der Waals surface area contributed by atoms with E-state index in [1.165, 1.54) is 23.5 Å². The quantitative estimate of drug-likeness (QED) is 0.903. The Morgan fingerprint density at radius 2 is 2.30 bits per heavy atom. The molecule has 1 amide bonds. The number of nitrogens with one attached hydrogen (secondary N) is 1. The first-order valence-corrected chi connectivity index (χ1v) is 8.81. The highest BCUT2D eigenvalue weighted by molar-refractivity contribution is 7.13. The van der Waals surface area contributed by atoms with Crippen LogP contribution in [0.2, 0.25) is 0 Å². The van der Waals surface area contributed by atoms with E-state index < -0.39 is 0 Å². The van der Waals surface area contributed by atoms with Gasteiger partial charge in [0.05, 0.1) is 18.8 Å². The summed E-state index contributed by atoms with van der Waals surface area (Å²) in [5, 5.41) is 15.5. The zero-order valence-electron chi connectivity index (χ0n) is 13.5. The number of aromatic nitrogens is 4. The Kier molecular flexibility index (Phi) is 5.02. The fourth-order valence-corrected chi connectivity index (χ4v) is 3.57. The van der Waals surface area contributed by atoms with Gasteiger partial charge in [-0.3, -0.25) is 19.7 Å². The number of hydrogen-bond acceptors (Lipinski definition) is 6. The summed E-state index contributed by atoms with van der Waals surface area (Å²) in [6.07, 6.45) is 3.45. The molecule has 0 radical (unpaired) electrons. The van der Waals surface area contributed by atoms with Crippen LogP contribution in [0.1, 0.15) is 30.7 Å². The van der Waals surface area contributed by atoms with Crippen molar-refractivity contribution in [1.29, 1.82) is 0 Å². The molecule has 23 heavy (non-hydrogen) atoms. The average Bonchev–Trinajstić information content (AvgIpc) is 3.11. The minimum absolute atomic E-state index is 0.0259. The fourth-order valence-electron chi connectivity index (χ4n) is 3.11. The lowest BCUT2D eigenvalue weighted by Crippen LogP contribution is -2.46. The third-order valence-corrected chi connectivity index (χ3v) is 4.80. The molecule has 0 spiro atoms. The predicted molar refractivity (Wildman–Crippen MR) is 89.5 cm³/mol. The maximum atomic E-state index is 12.2. The van der Waals surface area contributed by atoms with Crippen LogP contribution in [-0.2, 0) is 11.3 Å². The van der Waals surface area contributed by atoms with E-state index in [1.54, 1.807) is 5.51 Å². The Morgan fingerprint density at radius 3 is 3.00 bits per heavy atom. The van der Waals surface area contributed by atoms with Crippen LogP contribution in [0.25, 0.3) is 0 Å². The molecular weight excluding hydrogens is 312 g/mol. The second-order valence-corrected chi connectivity index (χ2v) is 6.85. The van der Waals surface area contributed by atoms with Crippen LogP contribution in [0.5, 0.6) is 0 Å². The maximum absolute atomic E-state index is 12.2. The van der Waals surface area contributed by atoms with Crippen molar-refractivity contribution < 1.29 is 4.79 Å². The van der Waals surface area contributed by atoms with Gasteiger partial charge in [-0.1, -0.05) is 17.8 Å². The molecule has 2 aromatic heterocycles. The SMILES string of the molecule is Cc1cc(C)n(C[C@@H]2CCCCN2CC(=O)Nc2nncs2)n1. The molecule has 1 N–H and O–H groups in total. The van der Waals surface area contributed by atoms with Crippen LogP contribution < -0.4 is 5.32 Å². The summed E-state index contributed by atoms with van der Waals surface area (Å²) in [7, 11) is 0. The number of hydrogen-bond donors (Lipinski definition) is 1. The first-order chi connectivity index (χ1) is 11.1. The first kappa shape index (κ1) is 16.1. The summed E-state index contributed by atoms with van der Waals surface area (Å²) < 4.78 is 2.06. The zero-order valence-corrected chi connectivity index (χ0v) is 14.3. The molecule has 1 aliphatic heterocycles. The van der Waals surface area contributed by atoms with Crippen LogP contribution in [0.15, 0.2) is 11.6 Å². The topological polar surface area (TPSA) is 75.9 Å². The van der Waals surface area contributed by atoms with Crippen molar-refractivity contribution in [3.8, 4) is 0 Å². The Balaban J connectivity index is 1.61. The smallest absolute Gasteiger partial charge is 0.240 e. The standard InChI is InChI=1S/C15H22N6OS/c1-11-7-12(2)21(19-11)8-13-5-3-4-6-20(13)9-14(22)17-15-18-16-10-23-15/h7,10,13H,3-6,8-9H2,1-2H3,(H,17,18,22)/t13-/m0/s1. The van der Waals surface area contributed by atoms with E-state index in [9.17, 15) is 4.79 Å². The Hall–Kier alpha value is -1.80. The first-order valence-electron chi connectivity index (χ1n) is 7.93. The van der Waals surface area contributed by atoms with Gasteiger partial charge in [-0.05, 0) is 39.3 Å². The maximum Gasteiger partial charge on any atom is 0.240 e. The molecule has 0 aliphatic carbocycles. The van der Waals surface area contributed by atoms with Gasteiger partial charge in [0.15, 0.2) is 0 Å². The van der Waals surface area contributed by atoms with Gasteiger partial charge in [-0.2, -0.15) is 5.10 Å². The van der Waals surface area contributed by atoms with Crippen LogP contribution in [-0.4, -0.2) is 49.9 Å². The molecule has 0 aromatic carbocycles. The van der Waals surface area contributed by atoms with E-state index in [0.717, 1.165) is 31.6 Å². The van der Waals surface area contributed by atoms with E-state index in [2.05, 4.69) is 43.2 Å². The number of piperidine rings is 1. The van der Waals surface area contributed by atoms with Crippen molar-refractivity contribution >= 4 is 22.4 Å². The van der Waals surface area contributed by atoms with Crippen molar-refractivity contribution in [2.45, 2.75) is 45.7 Å². The highest BCUT2D eigenvalue weighted by Crippen LogP contribution is 2.19. The summed E-state index contributed by atoms with van der Waals surface area (Å²) in [4.78, 5) is 14.5. The molecule has 1 fully saturated rings. The molecule has 8 heteroatoms. The Labute approximate surface area is 139 Å². The zero-order chi connectivity index (χ0) is 16.2. The Morgan fingerprint density at radius 1 is 1.43 bits per heavy atom. The number of carbonyl (C=O) groups is 1. The molecule has 2 aromatic rings. The molecule has 7 nitrogen and oxygen atoms in total. The number of carbonyl (C=O) groups excluding carboxylic acids is 1. The fraction of sp³-hybridized carbons (Fsp3) is 0.600. The van der Waals surface area contributed by atoms with E-state index in [-0.39, 0.29) is 5.91 Å². The van der Waals surface area contributed by atoms with Gasteiger partial charge in [0.25, 0.3) is 0 Å². The van der Waals surface area contributed by atoms with Crippen molar-refractivity contribution in [2.75, 3.05) is 18.4 Å². The lowest BCUT2D eigenvalue weighted by Gasteiger charge is -2.35. The number of anilines is 1. The number of nitrogens with zero attached hydrogens (tertiary/aromatic N) is 5. The second kappa shape index (κ2) is 7.18. The van der Waals surface area contributed by atoms with Crippen molar-refractivity contribution in [1.82, 2.24) is 24.9 Å². The highest BCUT2D eigenvalue weighted by Gasteiger charge is 2.25. The molecular formula is C15H22N6OS. The van der Waals surface area contributed by atoms with Crippen molar-refractivity contribution in [2.24, 2.45) is 0 Å². The lowest BCUT2D eigenvalue weighted by molar-refractivity contribution is -0.118. The van der Waals surface area contributed by atoms with E-state index in [0.29, 0.717) is 17.7 Å². The van der Waals surface area contributed by atoms with Gasteiger partial charge < -0.3 is 0 Å². The normalized spacial score (nSPS) is 19.0. The van der Waals surface area contributed by atoms with Crippen LogP contribution >= 0.6 is 11.3 Å². The third kappa shape index (κ3) is 4.14. The second-order valence-electron chi connectivity index (χ2n) is 6.02. The minimum Gasteiger partial charge on any atom is -0.299 e. The highest BCUT2D eigenvalue weighted by atomic mass is 32.1. The third-order valence-electron chi connectivity index (χ3n) is 4.19. The molecule has 1 atom stereocenters. The number of amides is 1. The molecule has 1 aliphatic rings. The summed E-state index contributed by atoms with van der Waals surface area (Å²) in [6.45, 7) is 6.27. The van der Waals surface area contributed by atoms with E-state index >= 15 is 0 Å². The van der Waals surface area contributed by atoms with Crippen LogP contribution in [0.4, 0.5) is 5.13 Å². The van der Waals surface area contributed by atoms with E-state index in [4.69, 9.17) is 0 Å². The largest absolute Gasteiger partial charge is 0.299 e. The van der Waals surface area contributed by atoms with E-state index in [1.807, 2.05) is 6.92 Å². The summed E-state index contributed by atoms with van der Waals surface area (Å²) in [5.41, 5.74) is 3.83. The summed E-state index contributed by atoms with van der Waals surface area (Å²) in [5.74, 6) is -0.0259. The lowest BCUT2D eigenvalue weighted by atomic mass is 10.0. The average molecular weight is 334 g/mol. The van der Waals surface area contributed by atoms with Crippen LogP contribution in [0, 0.1) is 13.8 Å². The van der Waals surface area contributed by atoms with Gasteiger partial charge in [-0.25, -0.2) is 0 Å². The summed E-state index contributed by atoms with van der Waals surface area (Å²) in [6, 6.07) is 2.44. The molecule has 3 heterocycles. The predicted octanol–water partition coefficient (Wildman–Crippen LogP) is 1.84. The molecule has 124 valence electrons. The van der Waals surface area contributed by atoms with Gasteiger partial charge in [-0.15, -0.1) is 10.2 Å². The molecule has 0 saturated carbocycles. The molecule has 1 saturated heterocycles. The Bertz CT molecular complexity index is 653. The molecule has 0 bridgehead atoms. The number of likely N-dealkylation sites (tertiary alicyclic amines) is 1. The van der Waals surface area contributed by atoms with Gasteiger partial charge in [0, 0.05) is 11.7 Å². The van der Waals surface area contributed by atoms with Crippen molar-refractivity contribution in [3.05, 3.63) is 23.0 Å². The van der Waals surface area contributed by atoms with Gasteiger partial charge >= 0.3 is 0 Å². The number of aryl methyl sites for hydroxylation is 2. The van der Waals surface area contributed by atoms with Crippen molar-refractivity contribution in [3.63, 3.8) is 0 Å². The minimum atomic E-state index is -0.0259.